The van der Waals surface area contributed by atoms with E-state index in [4.69, 9.17) is 0 Å². The van der Waals surface area contributed by atoms with E-state index in [1.807, 2.05) is 0 Å². The van der Waals surface area contributed by atoms with Crippen LogP contribution in [-0.4, -0.2) is 5.78 Å². The van der Waals surface area contributed by atoms with Crippen LogP contribution >= 0.6 is 0 Å². The van der Waals surface area contributed by atoms with Crippen LogP contribution in [0.4, 0.5) is 0 Å². The first-order valence-electron chi connectivity index (χ1n) is 6.42. The van der Waals surface area contributed by atoms with Crippen molar-refractivity contribution in [1.82, 2.24) is 0 Å². The highest BCUT2D eigenvalue weighted by Gasteiger charge is 2.31. The topological polar surface area (TPSA) is 17.1 Å². The van der Waals surface area contributed by atoms with E-state index in [-0.39, 0.29) is 5.41 Å². The van der Waals surface area contributed by atoms with Crippen molar-refractivity contribution in [2.24, 2.45) is 5.41 Å². The highest BCUT2D eigenvalue weighted by atomic mass is 16.1. The largest absolute Gasteiger partial charge is 0.300 e. The van der Waals surface area contributed by atoms with Gasteiger partial charge < -0.3 is 0 Å². The van der Waals surface area contributed by atoms with Crippen molar-refractivity contribution in [3.8, 4) is 0 Å². The van der Waals surface area contributed by atoms with Gasteiger partial charge in [0.15, 0.2) is 0 Å². The Labute approximate surface area is 93.9 Å². The summed E-state index contributed by atoms with van der Waals surface area (Å²) in [5, 5.41) is 0. The van der Waals surface area contributed by atoms with Crippen LogP contribution in [0.1, 0.15) is 65.2 Å². The zero-order valence-electron chi connectivity index (χ0n) is 10.2. The predicted octanol–water partition coefficient (Wildman–Crippen LogP) is 4.27. The first-order valence-corrected chi connectivity index (χ1v) is 6.42. The van der Waals surface area contributed by atoms with E-state index >= 15 is 0 Å². The monoisotopic (exact) mass is 208 g/mol. The maximum absolute atomic E-state index is 11.5. The number of ketones is 1. The Hall–Kier alpha value is -0.590. The van der Waals surface area contributed by atoms with Gasteiger partial charge in [-0.25, -0.2) is 0 Å². The number of rotatable bonds is 5. The molecule has 0 heterocycles. The second-order valence-electron chi connectivity index (χ2n) is 4.83. The fraction of sp³-hybridized carbons (Fsp3) is 0.786. The van der Waals surface area contributed by atoms with Gasteiger partial charge in [0.2, 0.25) is 0 Å². The Balaban J connectivity index is 2.51. The SMILES string of the molecule is CCCC/C=C/[C@]1(CC)CCCC(=O)C1. The molecule has 1 heteroatoms. The fourth-order valence-corrected chi connectivity index (χ4v) is 2.42. The second kappa shape index (κ2) is 6.09. The van der Waals surface area contributed by atoms with Crippen LogP contribution in [0.15, 0.2) is 12.2 Å². The van der Waals surface area contributed by atoms with Crippen molar-refractivity contribution in [2.75, 3.05) is 0 Å². The summed E-state index contributed by atoms with van der Waals surface area (Å²) in [4.78, 5) is 11.5. The summed E-state index contributed by atoms with van der Waals surface area (Å²) < 4.78 is 0. The van der Waals surface area contributed by atoms with E-state index < -0.39 is 0 Å². The standard InChI is InChI=1S/C14H24O/c1-3-5-6-7-10-14(4-2)11-8-9-13(15)12-14/h7,10H,3-6,8-9,11-12H2,1-2H3/b10-7+/t14-/m1/s1. The summed E-state index contributed by atoms with van der Waals surface area (Å²) in [7, 11) is 0. The highest BCUT2D eigenvalue weighted by molar-refractivity contribution is 5.80. The number of hydrogen-bond donors (Lipinski definition) is 0. The van der Waals surface area contributed by atoms with Gasteiger partial charge in [0.1, 0.15) is 5.78 Å². The van der Waals surface area contributed by atoms with Gasteiger partial charge in [-0.05, 0) is 31.1 Å². The molecule has 0 bridgehead atoms. The smallest absolute Gasteiger partial charge is 0.133 e. The van der Waals surface area contributed by atoms with E-state index in [1.165, 1.54) is 25.7 Å². The third kappa shape index (κ3) is 3.81. The molecule has 0 saturated heterocycles. The third-order valence-electron chi connectivity index (χ3n) is 3.58. The predicted molar refractivity (Wildman–Crippen MR) is 64.9 cm³/mol. The van der Waals surface area contributed by atoms with Crippen LogP contribution in [0.25, 0.3) is 0 Å². The number of Topliss-reactive ketones (excluding diaryl/α,β-unsaturated/α-hetero) is 1. The maximum atomic E-state index is 11.5. The molecule has 1 nitrogen and oxygen atoms in total. The number of carbonyl (C=O) groups is 1. The summed E-state index contributed by atoms with van der Waals surface area (Å²) in [6, 6.07) is 0. The summed E-state index contributed by atoms with van der Waals surface area (Å²) in [6.45, 7) is 4.43. The number of hydrogen-bond acceptors (Lipinski definition) is 1. The van der Waals surface area contributed by atoms with Crippen molar-refractivity contribution in [1.29, 1.82) is 0 Å². The molecule has 0 aromatic rings. The van der Waals surface area contributed by atoms with E-state index in [2.05, 4.69) is 26.0 Å². The molecule has 0 spiro atoms. The molecule has 15 heavy (non-hydrogen) atoms. The van der Waals surface area contributed by atoms with Crippen molar-refractivity contribution >= 4 is 5.78 Å². The van der Waals surface area contributed by atoms with E-state index in [0.29, 0.717) is 5.78 Å². The average Bonchev–Trinajstić information content (AvgIpc) is 2.25. The molecular weight excluding hydrogens is 184 g/mol. The molecule has 1 aliphatic rings. The molecule has 0 aromatic carbocycles. The summed E-state index contributed by atoms with van der Waals surface area (Å²) in [6.07, 6.45) is 13.3. The van der Waals surface area contributed by atoms with Crippen LogP contribution < -0.4 is 0 Å². The molecule has 0 amide bonds. The van der Waals surface area contributed by atoms with Crippen molar-refractivity contribution in [3.63, 3.8) is 0 Å². The average molecular weight is 208 g/mol. The first kappa shape index (κ1) is 12.5. The summed E-state index contributed by atoms with van der Waals surface area (Å²) in [5.41, 5.74) is 0.211. The zero-order chi connectivity index (χ0) is 11.1. The lowest BCUT2D eigenvalue weighted by Gasteiger charge is -2.32. The molecule has 0 unspecified atom stereocenters. The third-order valence-corrected chi connectivity index (χ3v) is 3.58. The molecule has 1 rings (SSSR count). The van der Waals surface area contributed by atoms with Gasteiger partial charge in [0.05, 0.1) is 0 Å². The van der Waals surface area contributed by atoms with Gasteiger partial charge in [-0.2, -0.15) is 0 Å². The minimum atomic E-state index is 0.211. The number of allylic oxidation sites excluding steroid dienone is 2. The number of unbranched alkanes of at least 4 members (excludes halogenated alkanes) is 2. The minimum Gasteiger partial charge on any atom is -0.300 e. The lowest BCUT2D eigenvalue weighted by molar-refractivity contribution is -0.122. The Kier molecular flexibility index (Phi) is 5.07. The van der Waals surface area contributed by atoms with Crippen molar-refractivity contribution in [2.45, 2.75) is 65.2 Å². The van der Waals surface area contributed by atoms with Gasteiger partial charge in [-0.15, -0.1) is 0 Å². The molecular formula is C14H24O. The van der Waals surface area contributed by atoms with Gasteiger partial charge in [0.25, 0.3) is 0 Å². The number of carbonyl (C=O) groups excluding carboxylic acids is 1. The molecule has 1 atom stereocenters. The highest BCUT2D eigenvalue weighted by Crippen LogP contribution is 2.39. The van der Waals surface area contributed by atoms with Gasteiger partial charge in [-0.3, -0.25) is 4.79 Å². The lowest BCUT2D eigenvalue weighted by atomic mass is 9.71. The molecule has 1 aliphatic carbocycles. The zero-order valence-corrected chi connectivity index (χ0v) is 10.2. The van der Waals surface area contributed by atoms with Crippen LogP contribution in [0, 0.1) is 5.41 Å². The maximum Gasteiger partial charge on any atom is 0.133 e. The molecule has 0 radical (unpaired) electrons. The van der Waals surface area contributed by atoms with E-state index in [9.17, 15) is 4.79 Å². The van der Waals surface area contributed by atoms with Crippen molar-refractivity contribution < 1.29 is 4.79 Å². The molecule has 0 aromatic heterocycles. The normalized spacial score (nSPS) is 27.5. The van der Waals surface area contributed by atoms with Crippen molar-refractivity contribution in [3.05, 3.63) is 12.2 Å². The van der Waals surface area contributed by atoms with Crippen LogP contribution in [0.2, 0.25) is 0 Å². The Morgan fingerprint density at radius 2 is 2.20 bits per heavy atom. The minimum absolute atomic E-state index is 0.211. The summed E-state index contributed by atoms with van der Waals surface area (Å²) >= 11 is 0. The Bertz CT molecular complexity index is 229. The van der Waals surface area contributed by atoms with Gasteiger partial charge in [0, 0.05) is 12.8 Å². The van der Waals surface area contributed by atoms with Crippen LogP contribution in [-0.2, 0) is 4.79 Å². The first-order chi connectivity index (χ1) is 7.22. The molecule has 0 N–H and O–H groups in total. The van der Waals surface area contributed by atoms with Gasteiger partial charge in [-0.1, -0.05) is 38.8 Å². The van der Waals surface area contributed by atoms with Crippen LogP contribution in [0.5, 0.6) is 0 Å². The fourth-order valence-electron chi connectivity index (χ4n) is 2.42. The van der Waals surface area contributed by atoms with E-state index in [0.717, 1.165) is 25.7 Å². The van der Waals surface area contributed by atoms with Gasteiger partial charge >= 0.3 is 0 Å². The lowest BCUT2D eigenvalue weighted by Crippen LogP contribution is -2.26. The Morgan fingerprint density at radius 1 is 1.40 bits per heavy atom. The second-order valence-corrected chi connectivity index (χ2v) is 4.83. The Morgan fingerprint density at radius 3 is 2.80 bits per heavy atom. The summed E-state index contributed by atoms with van der Waals surface area (Å²) in [5.74, 6) is 0.461. The molecule has 0 aliphatic heterocycles. The van der Waals surface area contributed by atoms with Crippen LogP contribution in [0.3, 0.4) is 0 Å². The quantitative estimate of drug-likeness (QED) is 0.487. The molecule has 1 fully saturated rings. The molecule has 1 saturated carbocycles. The molecule has 86 valence electrons. The van der Waals surface area contributed by atoms with E-state index in [1.54, 1.807) is 0 Å².